The molecule has 0 spiro atoms. The van der Waals surface area contributed by atoms with Crippen molar-refractivity contribution in [3.63, 3.8) is 0 Å². The van der Waals surface area contributed by atoms with Gasteiger partial charge in [0.25, 0.3) is 0 Å². The second kappa shape index (κ2) is 3.29. The average Bonchev–Trinajstić information content (AvgIpc) is 2.30. The molecule has 1 rings (SSSR count). The van der Waals surface area contributed by atoms with Crippen LogP contribution in [0.3, 0.4) is 0 Å². The van der Waals surface area contributed by atoms with Crippen LogP contribution in [0.1, 0.15) is 19.8 Å². The Kier molecular flexibility index (Phi) is 2.72. The van der Waals surface area contributed by atoms with E-state index in [-0.39, 0.29) is 0 Å². The lowest BCUT2D eigenvalue weighted by Crippen LogP contribution is -2.41. The molecule has 0 aromatic carbocycles. The van der Waals surface area contributed by atoms with E-state index in [1.165, 1.54) is 6.92 Å². The molecule has 1 heterocycles. The number of rotatable bonds is 2. The minimum atomic E-state index is -4.12. The molecule has 1 fully saturated rings. The molecule has 6 heteroatoms. The fourth-order valence-electron chi connectivity index (χ4n) is 1.53. The lowest BCUT2D eigenvalue weighted by atomic mass is 10.1. The third kappa shape index (κ3) is 1.95. The van der Waals surface area contributed by atoms with Gasteiger partial charge in [0.1, 0.15) is 0 Å². The van der Waals surface area contributed by atoms with Gasteiger partial charge in [0.05, 0.1) is 12.1 Å². The van der Waals surface area contributed by atoms with Gasteiger partial charge in [-0.2, -0.15) is 12.7 Å². The molecule has 2 atom stereocenters. The second-order valence-electron chi connectivity index (χ2n) is 3.04. The van der Waals surface area contributed by atoms with Crippen molar-refractivity contribution in [3.8, 4) is 0 Å². The van der Waals surface area contributed by atoms with Crippen LogP contribution in [0.15, 0.2) is 0 Å². The summed E-state index contributed by atoms with van der Waals surface area (Å²) in [6.07, 6.45) is 0.571. The predicted octanol–water partition coefficient (Wildman–Crippen LogP) is -0.366. The molecule has 0 amide bonds. The van der Waals surface area contributed by atoms with Crippen LogP contribution in [0, 0.1) is 0 Å². The molecule has 0 aromatic rings. The van der Waals surface area contributed by atoms with E-state index in [2.05, 4.69) is 0 Å². The predicted molar refractivity (Wildman–Crippen MR) is 43.0 cm³/mol. The lowest BCUT2D eigenvalue weighted by molar-refractivity contribution is 0.119. The van der Waals surface area contributed by atoms with Gasteiger partial charge in [-0.3, -0.25) is 4.55 Å². The largest absolute Gasteiger partial charge is 0.392 e. The Morgan fingerprint density at radius 1 is 1.58 bits per heavy atom. The van der Waals surface area contributed by atoms with E-state index in [9.17, 15) is 8.42 Å². The number of aliphatic hydroxyl groups excluding tert-OH is 1. The van der Waals surface area contributed by atoms with Crippen LogP contribution in [0.2, 0.25) is 0 Å². The zero-order valence-electron chi connectivity index (χ0n) is 6.84. The molecule has 2 N–H and O–H groups in total. The first-order valence-electron chi connectivity index (χ1n) is 3.85. The van der Waals surface area contributed by atoms with Crippen LogP contribution < -0.4 is 0 Å². The van der Waals surface area contributed by atoms with Crippen molar-refractivity contribution >= 4 is 10.3 Å². The Balaban J connectivity index is 2.78. The van der Waals surface area contributed by atoms with Crippen molar-refractivity contribution in [1.82, 2.24) is 4.31 Å². The summed E-state index contributed by atoms with van der Waals surface area (Å²) in [6.45, 7) is 1.82. The van der Waals surface area contributed by atoms with E-state index < -0.39 is 22.4 Å². The highest BCUT2D eigenvalue weighted by Gasteiger charge is 2.35. The summed E-state index contributed by atoms with van der Waals surface area (Å²) < 4.78 is 31.1. The summed E-state index contributed by atoms with van der Waals surface area (Å²) in [6, 6.07) is -0.458. The van der Waals surface area contributed by atoms with Crippen LogP contribution in [-0.2, 0) is 10.3 Å². The van der Waals surface area contributed by atoms with Crippen LogP contribution >= 0.6 is 0 Å². The fraction of sp³-hybridized carbons (Fsp3) is 1.00. The molecule has 1 aliphatic heterocycles. The van der Waals surface area contributed by atoms with Gasteiger partial charge in [0.15, 0.2) is 0 Å². The van der Waals surface area contributed by atoms with Gasteiger partial charge in [0, 0.05) is 6.54 Å². The Labute approximate surface area is 71.9 Å². The molecule has 12 heavy (non-hydrogen) atoms. The number of aliphatic hydroxyl groups is 1. The van der Waals surface area contributed by atoms with E-state index in [1.54, 1.807) is 0 Å². The summed E-state index contributed by atoms with van der Waals surface area (Å²) in [4.78, 5) is 0. The highest BCUT2D eigenvalue weighted by molar-refractivity contribution is 7.83. The van der Waals surface area contributed by atoms with E-state index in [0.717, 1.165) is 4.31 Å². The Hall–Kier alpha value is -0.170. The quantitative estimate of drug-likeness (QED) is 0.589. The molecule has 0 bridgehead atoms. The molecule has 2 unspecified atom stereocenters. The topological polar surface area (TPSA) is 77.8 Å². The Bertz CT molecular complexity index is 248. The molecule has 0 aliphatic carbocycles. The van der Waals surface area contributed by atoms with Gasteiger partial charge in [-0.15, -0.1) is 0 Å². The first kappa shape index (κ1) is 9.91. The average molecular weight is 195 g/mol. The van der Waals surface area contributed by atoms with Crippen LogP contribution in [0.25, 0.3) is 0 Å². The second-order valence-corrected chi connectivity index (χ2v) is 4.40. The summed E-state index contributed by atoms with van der Waals surface area (Å²) in [5, 5.41) is 9.17. The van der Waals surface area contributed by atoms with Gasteiger partial charge in [-0.25, -0.2) is 0 Å². The van der Waals surface area contributed by atoms with Gasteiger partial charge < -0.3 is 5.11 Å². The smallest absolute Gasteiger partial charge is 0.336 e. The maximum Gasteiger partial charge on any atom is 0.336 e. The van der Waals surface area contributed by atoms with Crippen molar-refractivity contribution in [2.45, 2.75) is 31.9 Å². The summed E-state index contributed by atoms with van der Waals surface area (Å²) in [5.74, 6) is 0. The van der Waals surface area contributed by atoms with Crippen LogP contribution in [-0.4, -0.2) is 41.1 Å². The van der Waals surface area contributed by atoms with E-state index in [4.69, 9.17) is 9.66 Å². The van der Waals surface area contributed by atoms with Crippen molar-refractivity contribution in [3.05, 3.63) is 0 Å². The SMILES string of the molecule is CC(O)C1CCCN1S(=O)(=O)O. The third-order valence-electron chi connectivity index (χ3n) is 2.10. The van der Waals surface area contributed by atoms with Crippen molar-refractivity contribution in [2.24, 2.45) is 0 Å². The van der Waals surface area contributed by atoms with Crippen LogP contribution in [0.5, 0.6) is 0 Å². The van der Waals surface area contributed by atoms with E-state index >= 15 is 0 Å². The van der Waals surface area contributed by atoms with Gasteiger partial charge in [-0.1, -0.05) is 0 Å². The molecule has 1 aliphatic rings. The molecule has 72 valence electrons. The Morgan fingerprint density at radius 3 is 2.50 bits per heavy atom. The molecule has 5 nitrogen and oxygen atoms in total. The highest BCUT2D eigenvalue weighted by atomic mass is 32.2. The standard InChI is InChI=1S/C6H13NO4S/c1-5(8)6-3-2-4-7(6)12(9,10)11/h5-6,8H,2-4H2,1H3,(H,9,10,11). The summed E-state index contributed by atoms with van der Waals surface area (Å²) in [7, 11) is -4.12. The number of nitrogens with zero attached hydrogens (tertiary/aromatic N) is 1. The monoisotopic (exact) mass is 195 g/mol. The maximum absolute atomic E-state index is 10.7. The lowest BCUT2D eigenvalue weighted by Gasteiger charge is -2.22. The molecule has 0 radical (unpaired) electrons. The zero-order valence-corrected chi connectivity index (χ0v) is 7.66. The summed E-state index contributed by atoms with van der Waals surface area (Å²) >= 11 is 0. The zero-order chi connectivity index (χ0) is 9.35. The first-order valence-corrected chi connectivity index (χ1v) is 5.25. The highest BCUT2D eigenvalue weighted by Crippen LogP contribution is 2.22. The normalized spacial score (nSPS) is 29.1. The van der Waals surface area contributed by atoms with Gasteiger partial charge >= 0.3 is 10.3 Å². The maximum atomic E-state index is 10.7. The fourth-order valence-corrected chi connectivity index (χ4v) is 2.52. The molecule has 0 aromatic heterocycles. The Morgan fingerprint density at radius 2 is 2.17 bits per heavy atom. The van der Waals surface area contributed by atoms with Crippen molar-refractivity contribution in [2.75, 3.05) is 6.54 Å². The van der Waals surface area contributed by atoms with Crippen molar-refractivity contribution < 1.29 is 18.1 Å². The van der Waals surface area contributed by atoms with Gasteiger partial charge in [0.2, 0.25) is 0 Å². The van der Waals surface area contributed by atoms with E-state index in [0.29, 0.717) is 19.4 Å². The van der Waals surface area contributed by atoms with Crippen LogP contribution in [0.4, 0.5) is 0 Å². The van der Waals surface area contributed by atoms with Gasteiger partial charge in [-0.05, 0) is 19.8 Å². The van der Waals surface area contributed by atoms with Crippen molar-refractivity contribution in [1.29, 1.82) is 0 Å². The summed E-state index contributed by atoms with van der Waals surface area (Å²) in [5.41, 5.74) is 0. The number of hydrogen-bond donors (Lipinski definition) is 2. The van der Waals surface area contributed by atoms with E-state index in [1.807, 2.05) is 0 Å². The molecule has 0 saturated carbocycles. The molecule has 1 saturated heterocycles. The number of hydrogen-bond acceptors (Lipinski definition) is 3. The first-order chi connectivity index (χ1) is 5.43. The minimum Gasteiger partial charge on any atom is -0.392 e. The molecular weight excluding hydrogens is 182 g/mol. The minimum absolute atomic E-state index is 0.300. The molecular formula is C6H13NO4S. The third-order valence-corrected chi connectivity index (χ3v) is 3.15.